The highest BCUT2D eigenvalue weighted by atomic mass is 79.9. The molecule has 0 aliphatic heterocycles. The second-order valence-electron chi connectivity index (χ2n) is 4.41. The quantitative estimate of drug-likeness (QED) is 0.723. The van der Waals surface area contributed by atoms with E-state index in [-0.39, 0.29) is 17.3 Å². The van der Waals surface area contributed by atoms with Crippen molar-refractivity contribution < 1.29 is 17.5 Å². The van der Waals surface area contributed by atoms with E-state index in [1.165, 1.54) is 18.2 Å². The predicted octanol–water partition coefficient (Wildman–Crippen LogP) is 4.40. The van der Waals surface area contributed by atoms with E-state index in [1.807, 2.05) is 0 Å². The zero-order valence-corrected chi connectivity index (χ0v) is 14.1. The maximum Gasteiger partial charge on any atom is 0.264 e. The Bertz CT molecular complexity index is 778. The molecule has 2 rings (SSSR count). The third-order valence-corrected chi connectivity index (χ3v) is 4.59. The average Bonchev–Trinajstić information content (AvgIpc) is 2.40. The van der Waals surface area contributed by atoms with Gasteiger partial charge in [0.25, 0.3) is 9.05 Å². The second-order valence-corrected chi connectivity index (χ2v) is 7.86. The topological polar surface area (TPSA) is 43.4 Å². The van der Waals surface area contributed by atoms with E-state index >= 15 is 0 Å². The van der Waals surface area contributed by atoms with E-state index in [0.29, 0.717) is 10.0 Å². The first-order valence-corrected chi connectivity index (χ1v) is 8.99. The Hall–Kier alpha value is -1.11. The van der Waals surface area contributed by atoms with Crippen molar-refractivity contribution in [2.24, 2.45) is 0 Å². The van der Waals surface area contributed by atoms with Crippen LogP contribution in [0.3, 0.4) is 0 Å². The summed E-state index contributed by atoms with van der Waals surface area (Å²) in [5, 5.41) is 0. The van der Waals surface area contributed by atoms with Crippen LogP contribution in [0.1, 0.15) is 11.1 Å². The number of hydrogen-bond donors (Lipinski definition) is 0. The Balaban J connectivity index is 2.30. The monoisotopic (exact) mass is 392 g/mol. The molecule has 7 heteroatoms. The first-order valence-electron chi connectivity index (χ1n) is 5.89. The van der Waals surface area contributed by atoms with Gasteiger partial charge in [-0.1, -0.05) is 22.0 Å². The molecule has 2 aromatic carbocycles. The number of rotatable bonds is 4. The summed E-state index contributed by atoms with van der Waals surface area (Å²) in [4.78, 5) is -0.125. The molecule has 112 valence electrons. The smallest absolute Gasteiger partial charge is 0.264 e. The Morgan fingerprint density at radius 1 is 1.24 bits per heavy atom. The molecular weight excluding hydrogens is 383 g/mol. The van der Waals surface area contributed by atoms with Crippen molar-refractivity contribution in [1.82, 2.24) is 0 Å². The van der Waals surface area contributed by atoms with Crippen LogP contribution in [-0.2, 0) is 15.7 Å². The minimum atomic E-state index is -3.93. The van der Waals surface area contributed by atoms with Crippen LogP contribution in [0.15, 0.2) is 45.8 Å². The zero-order valence-electron chi connectivity index (χ0n) is 10.9. The Morgan fingerprint density at radius 2 is 1.95 bits per heavy atom. The third-order valence-electron chi connectivity index (χ3n) is 2.75. The highest BCUT2D eigenvalue weighted by Gasteiger charge is 2.17. The number of halogens is 3. The molecule has 0 radical (unpaired) electrons. The molecule has 0 aliphatic rings. The molecule has 0 aromatic heterocycles. The Kier molecular flexibility index (Phi) is 4.91. The highest BCUT2D eigenvalue weighted by Crippen LogP contribution is 2.29. The normalized spacial score (nSPS) is 11.4. The number of ether oxygens (including phenoxy) is 1. The van der Waals surface area contributed by atoms with Crippen LogP contribution in [0, 0.1) is 12.7 Å². The third kappa shape index (κ3) is 4.18. The van der Waals surface area contributed by atoms with E-state index in [2.05, 4.69) is 15.9 Å². The van der Waals surface area contributed by atoms with Crippen molar-refractivity contribution in [3.63, 3.8) is 0 Å². The van der Waals surface area contributed by atoms with E-state index in [1.54, 1.807) is 25.1 Å². The van der Waals surface area contributed by atoms with Gasteiger partial charge in [-0.15, -0.1) is 0 Å². The Morgan fingerprint density at radius 3 is 2.62 bits per heavy atom. The van der Waals surface area contributed by atoms with Crippen molar-refractivity contribution in [1.29, 1.82) is 0 Å². The molecular formula is C14H11BrClFO3S. The standard InChI is InChI=1S/C14H11BrClFO3S/c1-9-2-5-13(14(6-9)21(16,18)19)20-8-10-7-11(15)3-4-12(10)17/h2-7H,8H2,1H3. The van der Waals surface area contributed by atoms with Gasteiger partial charge < -0.3 is 4.74 Å². The number of benzene rings is 2. The number of hydrogen-bond acceptors (Lipinski definition) is 3. The van der Waals surface area contributed by atoms with Gasteiger partial charge >= 0.3 is 0 Å². The van der Waals surface area contributed by atoms with Crippen LogP contribution >= 0.6 is 26.6 Å². The minimum Gasteiger partial charge on any atom is -0.487 e. The molecule has 0 atom stereocenters. The summed E-state index contributed by atoms with van der Waals surface area (Å²) in [5.74, 6) is -0.337. The molecule has 0 spiro atoms. The molecule has 2 aromatic rings. The van der Waals surface area contributed by atoms with Crippen LogP contribution in [-0.4, -0.2) is 8.42 Å². The van der Waals surface area contributed by atoms with Crippen molar-refractivity contribution in [2.45, 2.75) is 18.4 Å². The van der Waals surface area contributed by atoms with Crippen LogP contribution in [0.5, 0.6) is 5.75 Å². The molecule has 0 heterocycles. The van der Waals surface area contributed by atoms with E-state index < -0.39 is 14.9 Å². The first-order chi connectivity index (χ1) is 9.77. The van der Waals surface area contributed by atoms with Gasteiger partial charge in [0.1, 0.15) is 23.1 Å². The van der Waals surface area contributed by atoms with E-state index in [4.69, 9.17) is 15.4 Å². The molecule has 0 saturated heterocycles. The van der Waals surface area contributed by atoms with Crippen molar-refractivity contribution >= 4 is 35.7 Å². The van der Waals surface area contributed by atoms with Crippen LogP contribution < -0.4 is 4.74 Å². The Labute approximate surface area is 135 Å². The van der Waals surface area contributed by atoms with Crippen LogP contribution in [0.2, 0.25) is 0 Å². The summed E-state index contributed by atoms with van der Waals surface area (Å²) < 4.78 is 42.8. The van der Waals surface area contributed by atoms with Gasteiger partial charge in [0.05, 0.1) is 0 Å². The fourth-order valence-electron chi connectivity index (χ4n) is 1.73. The largest absolute Gasteiger partial charge is 0.487 e. The van der Waals surface area contributed by atoms with Gasteiger partial charge in [-0.3, -0.25) is 0 Å². The SMILES string of the molecule is Cc1ccc(OCc2cc(Br)ccc2F)c(S(=O)(=O)Cl)c1. The first kappa shape index (κ1) is 16.3. The number of aryl methyl sites for hydroxylation is 1. The van der Waals surface area contributed by atoms with Gasteiger partial charge in [0.15, 0.2) is 0 Å². The predicted molar refractivity (Wildman–Crippen MR) is 82.6 cm³/mol. The summed E-state index contributed by atoms with van der Waals surface area (Å²) in [5.41, 5.74) is 1.04. The summed E-state index contributed by atoms with van der Waals surface area (Å²) in [6, 6.07) is 9.04. The molecule has 0 unspecified atom stereocenters. The lowest BCUT2D eigenvalue weighted by Crippen LogP contribution is -2.03. The molecule has 0 fully saturated rings. The minimum absolute atomic E-state index is 0.0926. The molecule has 0 N–H and O–H groups in total. The summed E-state index contributed by atoms with van der Waals surface area (Å²) >= 11 is 3.24. The van der Waals surface area contributed by atoms with E-state index in [9.17, 15) is 12.8 Å². The van der Waals surface area contributed by atoms with E-state index in [0.717, 1.165) is 5.56 Å². The fraction of sp³-hybridized carbons (Fsp3) is 0.143. The van der Waals surface area contributed by atoms with Crippen LogP contribution in [0.4, 0.5) is 4.39 Å². The molecule has 0 amide bonds. The molecule has 0 aliphatic carbocycles. The molecule has 3 nitrogen and oxygen atoms in total. The zero-order chi connectivity index (χ0) is 15.6. The van der Waals surface area contributed by atoms with Gasteiger partial charge in [0, 0.05) is 20.7 Å². The second kappa shape index (κ2) is 6.34. The molecule has 0 bridgehead atoms. The highest BCUT2D eigenvalue weighted by molar-refractivity contribution is 9.10. The maximum atomic E-state index is 13.6. The lowest BCUT2D eigenvalue weighted by molar-refractivity contribution is 0.292. The summed E-state index contributed by atoms with van der Waals surface area (Å²) in [6.07, 6.45) is 0. The summed E-state index contributed by atoms with van der Waals surface area (Å²) in [7, 11) is 1.45. The van der Waals surface area contributed by atoms with Crippen molar-refractivity contribution in [3.05, 3.63) is 57.8 Å². The van der Waals surface area contributed by atoms with Gasteiger partial charge in [-0.25, -0.2) is 12.8 Å². The molecule has 21 heavy (non-hydrogen) atoms. The average molecular weight is 394 g/mol. The van der Waals surface area contributed by atoms with Gasteiger partial charge in [0.2, 0.25) is 0 Å². The van der Waals surface area contributed by atoms with Gasteiger partial charge in [-0.05, 0) is 42.8 Å². The lowest BCUT2D eigenvalue weighted by Gasteiger charge is -2.11. The van der Waals surface area contributed by atoms with Crippen molar-refractivity contribution in [2.75, 3.05) is 0 Å². The van der Waals surface area contributed by atoms with Crippen LogP contribution in [0.25, 0.3) is 0 Å². The van der Waals surface area contributed by atoms with Gasteiger partial charge in [-0.2, -0.15) is 0 Å². The summed E-state index contributed by atoms with van der Waals surface area (Å²) in [6.45, 7) is 1.64. The maximum absolute atomic E-state index is 13.6. The lowest BCUT2D eigenvalue weighted by atomic mass is 10.2. The molecule has 0 saturated carbocycles. The fourth-order valence-corrected chi connectivity index (χ4v) is 3.20. The van der Waals surface area contributed by atoms with Crippen molar-refractivity contribution in [3.8, 4) is 5.75 Å².